The summed E-state index contributed by atoms with van der Waals surface area (Å²) in [5, 5.41) is 9.48. The molecule has 2 amide bonds. The average molecular weight is 809 g/mol. The van der Waals surface area contributed by atoms with Gasteiger partial charge in [-0.1, -0.05) is 12.1 Å². The number of piperazine rings is 1. The first-order chi connectivity index (χ1) is 28.8. The molecule has 3 N–H and O–H groups in total. The van der Waals surface area contributed by atoms with Crippen LogP contribution in [0.25, 0.3) is 11.3 Å². The molecule has 6 rings (SSSR count). The van der Waals surface area contributed by atoms with E-state index in [2.05, 4.69) is 112 Å². The minimum absolute atomic E-state index is 0.0801. The molecule has 12 nitrogen and oxygen atoms in total. The summed E-state index contributed by atoms with van der Waals surface area (Å²) < 4.78 is 0. The first kappa shape index (κ1) is 43.9. The molecule has 0 unspecified atom stereocenters. The second kappa shape index (κ2) is 20.0. The van der Waals surface area contributed by atoms with Crippen LogP contribution in [-0.4, -0.2) is 89.2 Å². The van der Waals surface area contributed by atoms with Crippen molar-refractivity contribution in [2.24, 2.45) is 10.4 Å². The number of hydrogen-bond donors (Lipinski definition) is 3. The van der Waals surface area contributed by atoms with Crippen molar-refractivity contribution in [3.8, 4) is 11.3 Å². The van der Waals surface area contributed by atoms with Crippen molar-refractivity contribution >= 4 is 53.0 Å². The van der Waals surface area contributed by atoms with E-state index < -0.39 is 0 Å². The number of hydrogen-bond acceptors (Lipinski definition) is 10. The molecular weight excluding hydrogens is 747 g/mol. The van der Waals surface area contributed by atoms with Crippen LogP contribution in [0.5, 0.6) is 0 Å². The van der Waals surface area contributed by atoms with Crippen LogP contribution in [0.3, 0.4) is 0 Å². The molecule has 13 heteroatoms. The van der Waals surface area contributed by atoms with Crippen molar-refractivity contribution < 1.29 is 9.59 Å². The molecule has 0 spiro atoms. The number of carbonyl (C=O) groups is 2. The van der Waals surface area contributed by atoms with Gasteiger partial charge in [-0.05, 0) is 55.7 Å². The number of aryl methyl sites for hydroxylation is 1. The van der Waals surface area contributed by atoms with Crippen molar-refractivity contribution in [3.63, 3.8) is 0 Å². The van der Waals surface area contributed by atoms with E-state index in [1.807, 2.05) is 58.1 Å². The van der Waals surface area contributed by atoms with E-state index in [9.17, 15) is 9.59 Å². The molecule has 2 fully saturated rings. The summed E-state index contributed by atoms with van der Waals surface area (Å²) in [7, 11) is 0. The standard InChI is InChI=1S/C47H61BN10O2/c1-9-10-39(53-46(48-8)47(5,6)7)45(60)50-29-36-14-13-35(27-33(36)4)40-28-42(52-31-51-40)54-41-18-17-38(30-49-41)57-25-23-56(24-26-57)21-19-34-11-15-37(16-12-34)58-22-20-43(59)55-44(58)32(2)3/h11-18,27-28,30-31H,9-10,19-26,29H2,1-8H3,(H,50,60)(H,55,59)(H,49,51,52,54)/b53-39+. The van der Waals surface area contributed by atoms with Crippen LogP contribution >= 0.6 is 0 Å². The molecule has 2 aliphatic heterocycles. The maximum atomic E-state index is 13.2. The molecule has 4 aromatic rings. The van der Waals surface area contributed by atoms with E-state index in [0.29, 0.717) is 43.3 Å². The van der Waals surface area contributed by atoms with E-state index in [-0.39, 0.29) is 17.2 Å². The Kier molecular flexibility index (Phi) is 14.7. The quantitative estimate of drug-likeness (QED) is 0.0887. The fourth-order valence-electron chi connectivity index (χ4n) is 7.56. The maximum absolute atomic E-state index is 13.2. The second-order valence-corrected chi connectivity index (χ2v) is 16.9. The van der Waals surface area contributed by atoms with Gasteiger partial charge < -0.3 is 20.4 Å². The molecule has 2 aromatic carbocycles. The number of anilines is 4. The van der Waals surface area contributed by atoms with E-state index in [1.54, 1.807) is 6.33 Å². The van der Waals surface area contributed by atoms with Gasteiger partial charge in [0, 0.05) is 51.4 Å². The minimum atomic E-state index is -0.137. The van der Waals surface area contributed by atoms with Gasteiger partial charge >= 0.3 is 157 Å². The van der Waals surface area contributed by atoms with Crippen molar-refractivity contribution in [2.45, 2.75) is 87.5 Å². The van der Waals surface area contributed by atoms with Crippen molar-refractivity contribution in [1.29, 1.82) is 0 Å². The van der Waals surface area contributed by atoms with Crippen LogP contribution in [0.15, 0.2) is 89.6 Å². The van der Waals surface area contributed by atoms with Gasteiger partial charge in [-0.3, -0.25) is 9.69 Å². The molecule has 0 bridgehead atoms. The van der Waals surface area contributed by atoms with Gasteiger partial charge in [-0.2, -0.15) is 0 Å². The monoisotopic (exact) mass is 809 g/mol. The van der Waals surface area contributed by atoms with Crippen molar-refractivity contribution in [2.75, 3.05) is 54.4 Å². The van der Waals surface area contributed by atoms with Crippen LogP contribution in [0, 0.1) is 12.3 Å². The normalized spacial score (nSPS) is 15.4. The van der Waals surface area contributed by atoms with E-state index >= 15 is 0 Å². The number of nitrogens with zero attached hydrogens (tertiary/aromatic N) is 7. The molecule has 2 aromatic heterocycles. The molecule has 4 heterocycles. The Morgan fingerprint density at radius 1 is 0.917 bits per heavy atom. The number of amides is 2. The number of benzene rings is 2. The predicted molar refractivity (Wildman–Crippen MR) is 247 cm³/mol. The third-order valence-electron chi connectivity index (χ3n) is 11.1. The fraction of sp³-hybridized carbons (Fsp3) is 0.426. The van der Waals surface area contributed by atoms with Gasteiger partial charge in [0.1, 0.15) is 23.8 Å². The van der Waals surface area contributed by atoms with Gasteiger partial charge in [0.05, 0.1) is 11.9 Å². The Hall–Kier alpha value is -5.69. The van der Waals surface area contributed by atoms with Crippen LogP contribution in [0.1, 0.15) is 77.5 Å². The molecule has 314 valence electrons. The molecule has 60 heavy (non-hydrogen) atoms. The van der Waals surface area contributed by atoms with Crippen LogP contribution < -0.4 is 25.8 Å². The molecule has 0 aliphatic carbocycles. The average Bonchev–Trinajstić information content (AvgIpc) is 3.24. The second-order valence-electron chi connectivity index (χ2n) is 16.9. The zero-order valence-electron chi connectivity index (χ0n) is 36.7. The third kappa shape index (κ3) is 11.5. The van der Waals surface area contributed by atoms with Crippen molar-refractivity contribution in [3.05, 3.63) is 101 Å². The Morgan fingerprint density at radius 3 is 2.32 bits per heavy atom. The van der Waals surface area contributed by atoms with E-state index in [0.717, 1.165) is 96.3 Å². The van der Waals surface area contributed by atoms with Crippen molar-refractivity contribution in [1.82, 2.24) is 30.5 Å². The van der Waals surface area contributed by atoms with Gasteiger partial charge in [0.25, 0.3) is 0 Å². The summed E-state index contributed by atoms with van der Waals surface area (Å²) in [6.07, 6.45) is 6.46. The SMILES string of the molecule is C/B=C(\N=C(/CCC)C(=O)NCc1ccc(-c2cc(Nc3ccc(N4CCN(CCc5ccc(N6CCC(=O)NC6=C(C)C)cc5)CC4)cn3)ncn2)cc1C)C(C)(C)C. The van der Waals surface area contributed by atoms with Gasteiger partial charge in [-0.15, -0.1) is 0 Å². The number of pyridine rings is 1. The van der Waals surface area contributed by atoms with Gasteiger partial charge in [0.15, 0.2) is 0 Å². The van der Waals surface area contributed by atoms with Gasteiger partial charge in [-0.25, -0.2) is 9.97 Å². The Balaban J connectivity index is 0.976. The van der Waals surface area contributed by atoms with Crippen LogP contribution in [0.4, 0.5) is 23.0 Å². The number of aliphatic imine (C=N–C) groups is 1. The first-order valence-electron chi connectivity index (χ1n) is 21.3. The number of carbonyl (C=O) groups excluding carboxylic acids is 2. The van der Waals surface area contributed by atoms with Crippen LogP contribution in [0.2, 0.25) is 6.82 Å². The number of aromatic nitrogens is 3. The Morgan fingerprint density at radius 2 is 1.67 bits per heavy atom. The zero-order chi connectivity index (χ0) is 42.8. The molecule has 0 atom stereocenters. The molecular formula is C47H61BN10O2. The number of nitrogens with one attached hydrogen (secondary N) is 3. The summed E-state index contributed by atoms with van der Waals surface area (Å²) in [4.78, 5) is 50.8. The van der Waals surface area contributed by atoms with E-state index in [1.165, 1.54) is 5.56 Å². The summed E-state index contributed by atoms with van der Waals surface area (Å²) in [5.74, 6) is 2.23. The number of allylic oxidation sites excluding steroid dienone is 1. The van der Waals surface area contributed by atoms with E-state index in [4.69, 9.17) is 9.98 Å². The predicted octanol–water partition coefficient (Wildman–Crippen LogP) is 7.32. The Bertz CT molecular complexity index is 2220. The summed E-state index contributed by atoms with van der Waals surface area (Å²) in [5.41, 5.74) is 9.84. The van der Waals surface area contributed by atoms with Crippen LogP contribution in [-0.2, 0) is 22.6 Å². The molecule has 2 aliphatic rings. The van der Waals surface area contributed by atoms with Gasteiger partial charge in [0.2, 0.25) is 5.91 Å². The molecule has 0 saturated carbocycles. The third-order valence-corrected chi connectivity index (χ3v) is 11.1. The fourth-order valence-corrected chi connectivity index (χ4v) is 7.56. The summed E-state index contributed by atoms with van der Waals surface area (Å²) in [6.45, 7) is 24.5. The first-order valence-corrected chi connectivity index (χ1v) is 21.3. The summed E-state index contributed by atoms with van der Waals surface area (Å²) in [6, 6.07) is 21.0. The zero-order valence-corrected chi connectivity index (χ0v) is 36.7. The molecule has 0 radical (unpaired) electrons. The summed E-state index contributed by atoms with van der Waals surface area (Å²) >= 11 is 0. The topological polar surface area (TPSA) is 131 Å². The number of rotatable bonds is 14. The molecule has 2 saturated heterocycles. The Labute approximate surface area is 356 Å².